The summed E-state index contributed by atoms with van der Waals surface area (Å²) in [5.74, 6) is -0.0722. The summed E-state index contributed by atoms with van der Waals surface area (Å²) < 4.78 is 5.04. The molecule has 0 radical (unpaired) electrons. The zero-order valence-electron chi connectivity index (χ0n) is 12.3. The molecule has 0 saturated heterocycles. The van der Waals surface area contributed by atoms with Crippen LogP contribution in [-0.2, 0) is 17.8 Å². The fourth-order valence-corrected chi connectivity index (χ4v) is 2.39. The third-order valence-corrected chi connectivity index (χ3v) is 3.81. The van der Waals surface area contributed by atoms with Crippen LogP contribution in [0.2, 0.25) is 5.02 Å². The minimum Gasteiger partial charge on any atom is -0.472 e. The smallest absolute Gasteiger partial charge is 0.224 e. The topological polar surface area (TPSA) is 55.1 Å². The lowest BCUT2D eigenvalue weighted by atomic mass is 10.1. The Labute approximate surface area is 139 Å². The van der Waals surface area contributed by atoms with Crippen LogP contribution in [0.15, 0.2) is 65.6 Å². The highest BCUT2D eigenvalue weighted by atomic mass is 35.5. The largest absolute Gasteiger partial charge is 0.472 e. The fraction of sp³-hybridized carbons (Fsp3) is 0.111. The zero-order valence-corrected chi connectivity index (χ0v) is 13.1. The molecule has 0 aliphatic heterocycles. The molecule has 2 aromatic heterocycles. The molecule has 5 heteroatoms. The molecule has 4 nitrogen and oxygen atoms in total. The van der Waals surface area contributed by atoms with Crippen LogP contribution in [0, 0.1) is 0 Å². The van der Waals surface area contributed by atoms with Gasteiger partial charge in [0.15, 0.2) is 0 Å². The van der Waals surface area contributed by atoms with Crippen molar-refractivity contribution in [2.24, 2.45) is 0 Å². The lowest BCUT2D eigenvalue weighted by Crippen LogP contribution is -2.24. The van der Waals surface area contributed by atoms with Gasteiger partial charge in [0.25, 0.3) is 0 Å². The van der Waals surface area contributed by atoms with Gasteiger partial charge >= 0.3 is 0 Å². The molecule has 0 saturated carbocycles. The predicted molar refractivity (Wildman–Crippen MR) is 88.9 cm³/mol. The molecule has 116 valence electrons. The van der Waals surface area contributed by atoms with Crippen molar-refractivity contribution in [3.05, 3.63) is 77.3 Å². The lowest BCUT2D eigenvalue weighted by molar-refractivity contribution is -0.120. The molecule has 1 amide bonds. The predicted octanol–water partition coefficient (Wildman–Crippen LogP) is 3.85. The number of carbonyl (C=O) groups excluding carboxylic acids is 1. The van der Waals surface area contributed by atoms with Crippen LogP contribution in [0.25, 0.3) is 11.3 Å². The first-order valence-corrected chi connectivity index (χ1v) is 7.58. The van der Waals surface area contributed by atoms with Crippen molar-refractivity contribution in [2.45, 2.75) is 13.0 Å². The highest BCUT2D eigenvalue weighted by Gasteiger charge is 2.07. The highest BCUT2D eigenvalue weighted by molar-refractivity contribution is 6.31. The van der Waals surface area contributed by atoms with E-state index in [0.29, 0.717) is 11.6 Å². The Balaban J connectivity index is 1.56. The quantitative estimate of drug-likeness (QED) is 0.774. The number of halogens is 1. The summed E-state index contributed by atoms with van der Waals surface area (Å²) in [5.41, 5.74) is 3.52. The third kappa shape index (κ3) is 3.99. The van der Waals surface area contributed by atoms with Crippen LogP contribution >= 0.6 is 11.6 Å². The number of rotatable bonds is 5. The van der Waals surface area contributed by atoms with Crippen LogP contribution < -0.4 is 5.32 Å². The van der Waals surface area contributed by atoms with Crippen molar-refractivity contribution >= 4 is 17.5 Å². The second-order valence-electron chi connectivity index (χ2n) is 5.11. The molecule has 23 heavy (non-hydrogen) atoms. The van der Waals surface area contributed by atoms with E-state index in [0.717, 1.165) is 22.4 Å². The summed E-state index contributed by atoms with van der Waals surface area (Å²) in [6, 6.07) is 13.0. The molecule has 3 rings (SSSR count). The molecule has 0 unspecified atom stereocenters. The maximum atomic E-state index is 12.0. The first kappa shape index (κ1) is 15.3. The highest BCUT2D eigenvalue weighted by Crippen LogP contribution is 2.17. The summed E-state index contributed by atoms with van der Waals surface area (Å²) in [4.78, 5) is 16.4. The normalized spacial score (nSPS) is 10.5. The second kappa shape index (κ2) is 7.11. The van der Waals surface area contributed by atoms with Crippen LogP contribution in [0.3, 0.4) is 0 Å². The van der Waals surface area contributed by atoms with Crippen LogP contribution in [0.1, 0.15) is 11.1 Å². The molecule has 0 aliphatic carbocycles. The van der Waals surface area contributed by atoms with Gasteiger partial charge in [-0.25, -0.2) is 0 Å². The third-order valence-electron chi connectivity index (χ3n) is 3.44. The fourth-order valence-electron chi connectivity index (χ4n) is 2.19. The number of hydrogen-bond acceptors (Lipinski definition) is 3. The van der Waals surface area contributed by atoms with Crippen molar-refractivity contribution < 1.29 is 9.21 Å². The van der Waals surface area contributed by atoms with Crippen molar-refractivity contribution in [1.82, 2.24) is 10.3 Å². The number of benzene rings is 1. The Kier molecular flexibility index (Phi) is 4.74. The van der Waals surface area contributed by atoms with Gasteiger partial charge < -0.3 is 9.73 Å². The molecular formula is C18H15ClN2O2. The van der Waals surface area contributed by atoms with Crippen LogP contribution in [0.4, 0.5) is 0 Å². The van der Waals surface area contributed by atoms with Gasteiger partial charge in [0.1, 0.15) is 0 Å². The number of carbonyl (C=O) groups is 1. The number of furan rings is 1. The van der Waals surface area contributed by atoms with E-state index >= 15 is 0 Å². The first-order chi connectivity index (χ1) is 11.2. The lowest BCUT2D eigenvalue weighted by Gasteiger charge is -2.07. The van der Waals surface area contributed by atoms with Gasteiger partial charge in [0.2, 0.25) is 5.91 Å². The Hall–Kier alpha value is -2.59. The average Bonchev–Trinajstić information content (AvgIpc) is 3.10. The minimum absolute atomic E-state index is 0.0722. The van der Waals surface area contributed by atoms with Gasteiger partial charge in [-0.05, 0) is 29.3 Å². The second-order valence-corrected chi connectivity index (χ2v) is 5.52. The van der Waals surface area contributed by atoms with E-state index in [-0.39, 0.29) is 12.3 Å². The molecule has 0 bridgehead atoms. The first-order valence-electron chi connectivity index (χ1n) is 7.20. The molecule has 0 aliphatic rings. The molecule has 1 aromatic carbocycles. The number of amides is 1. The maximum Gasteiger partial charge on any atom is 0.224 e. The van der Waals surface area contributed by atoms with Gasteiger partial charge in [0, 0.05) is 23.3 Å². The molecule has 0 fully saturated rings. The number of pyridine rings is 1. The Bertz CT molecular complexity index is 783. The molecular weight excluding hydrogens is 312 g/mol. The molecule has 3 aromatic rings. The van der Waals surface area contributed by atoms with E-state index in [1.807, 2.05) is 36.4 Å². The summed E-state index contributed by atoms with van der Waals surface area (Å²) in [6.07, 6.45) is 5.27. The minimum atomic E-state index is -0.0722. The SMILES string of the molecule is O=C(Cc1ccccc1Cl)NCc1ccc(-c2ccoc2)nc1. The van der Waals surface area contributed by atoms with E-state index in [2.05, 4.69) is 10.3 Å². The Morgan fingerprint density at radius 2 is 2.04 bits per heavy atom. The van der Waals surface area contributed by atoms with Crippen molar-refractivity contribution in [2.75, 3.05) is 0 Å². The van der Waals surface area contributed by atoms with Gasteiger partial charge in [-0.1, -0.05) is 35.9 Å². The zero-order chi connectivity index (χ0) is 16.1. The van der Waals surface area contributed by atoms with E-state index in [1.165, 1.54) is 0 Å². The molecule has 0 spiro atoms. The molecule has 1 N–H and O–H groups in total. The molecule has 0 atom stereocenters. The van der Waals surface area contributed by atoms with E-state index in [9.17, 15) is 4.79 Å². The van der Waals surface area contributed by atoms with E-state index in [4.69, 9.17) is 16.0 Å². The van der Waals surface area contributed by atoms with E-state index in [1.54, 1.807) is 24.8 Å². The monoisotopic (exact) mass is 326 g/mol. The van der Waals surface area contributed by atoms with Gasteiger partial charge in [0.05, 0.1) is 24.6 Å². The van der Waals surface area contributed by atoms with E-state index < -0.39 is 0 Å². The van der Waals surface area contributed by atoms with Crippen LogP contribution in [0.5, 0.6) is 0 Å². The van der Waals surface area contributed by atoms with Crippen molar-refractivity contribution in [1.29, 1.82) is 0 Å². The number of nitrogens with one attached hydrogen (secondary N) is 1. The Morgan fingerprint density at radius 3 is 2.74 bits per heavy atom. The van der Waals surface area contributed by atoms with Gasteiger partial charge in [-0.15, -0.1) is 0 Å². The van der Waals surface area contributed by atoms with Gasteiger partial charge in [-0.2, -0.15) is 0 Å². The summed E-state index contributed by atoms with van der Waals surface area (Å²) in [5, 5.41) is 3.48. The standard InChI is InChI=1S/C18H15ClN2O2/c19-16-4-2-1-3-14(16)9-18(22)21-11-13-5-6-17(20-10-13)15-7-8-23-12-15/h1-8,10,12H,9,11H2,(H,21,22). The summed E-state index contributed by atoms with van der Waals surface area (Å²) in [7, 11) is 0. The maximum absolute atomic E-state index is 12.0. The molecule has 2 heterocycles. The Morgan fingerprint density at radius 1 is 1.17 bits per heavy atom. The van der Waals surface area contributed by atoms with Crippen LogP contribution in [-0.4, -0.2) is 10.9 Å². The number of nitrogens with zero attached hydrogens (tertiary/aromatic N) is 1. The summed E-state index contributed by atoms with van der Waals surface area (Å²) in [6.45, 7) is 0.432. The average molecular weight is 327 g/mol. The number of hydrogen-bond donors (Lipinski definition) is 1. The van der Waals surface area contributed by atoms with Gasteiger partial charge in [-0.3, -0.25) is 9.78 Å². The summed E-state index contributed by atoms with van der Waals surface area (Å²) >= 11 is 6.05. The van der Waals surface area contributed by atoms with Crippen molar-refractivity contribution in [3.63, 3.8) is 0 Å². The van der Waals surface area contributed by atoms with Crippen molar-refractivity contribution in [3.8, 4) is 11.3 Å². The number of aromatic nitrogens is 1.